The van der Waals surface area contributed by atoms with E-state index in [0.717, 1.165) is 18.7 Å². The van der Waals surface area contributed by atoms with Crippen LogP contribution in [0.3, 0.4) is 0 Å². The predicted octanol–water partition coefficient (Wildman–Crippen LogP) is 1.03. The Morgan fingerprint density at radius 1 is 1.24 bits per heavy atom. The van der Waals surface area contributed by atoms with Crippen molar-refractivity contribution in [2.45, 2.75) is 6.04 Å². The molecule has 0 aromatic heterocycles. The Hall–Kier alpha value is -1.61. The highest BCUT2D eigenvalue weighted by Gasteiger charge is 2.53. The van der Waals surface area contributed by atoms with Gasteiger partial charge in [0.05, 0.1) is 0 Å². The number of fused-ring (bicyclic) bond motifs is 1. The molecule has 1 saturated heterocycles. The van der Waals surface area contributed by atoms with Crippen LogP contribution in [-0.4, -0.2) is 25.0 Å². The Kier molecular flexibility index (Phi) is 2.69. The fraction of sp³-hybridized carbons (Fsp3) is 0.357. The van der Waals surface area contributed by atoms with E-state index in [-0.39, 0.29) is 5.91 Å². The second-order valence-corrected chi connectivity index (χ2v) is 4.76. The van der Waals surface area contributed by atoms with Gasteiger partial charge < -0.3 is 10.6 Å². The van der Waals surface area contributed by atoms with E-state index in [1.54, 1.807) is 6.08 Å². The average Bonchev–Trinajstić information content (AvgIpc) is 2.79. The number of carbonyl (C=O) groups is 1. The smallest absolute Gasteiger partial charge is 0.244 e. The van der Waals surface area contributed by atoms with Crippen LogP contribution in [0.25, 0.3) is 6.08 Å². The topological polar surface area (TPSA) is 41.1 Å². The maximum Gasteiger partial charge on any atom is 0.244 e. The van der Waals surface area contributed by atoms with E-state index in [4.69, 9.17) is 0 Å². The van der Waals surface area contributed by atoms with E-state index in [1.807, 2.05) is 36.4 Å². The minimum Gasteiger partial charge on any atom is -0.349 e. The summed E-state index contributed by atoms with van der Waals surface area (Å²) < 4.78 is 0. The third-order valence-electron chi connectivity index (χ3n) is 3.63. The van der Waals surface area contributed by atoms with Gasteiger partial charge in [-0.2, -0.15) is 0 Å². The molecule has 0 spiro atoms. The maximum atomic E-state index is 11.7. The summed E-state index contributed by atoms with van der Waals surface area (Å²) in [6.45, 7) is 2.11. The van der Waals surface area contributed by atoms with Gasteiger partial charge in [0, 0.05) is 25.2 Å². The van der Waals surface area contributed by atoms with Gasteiger partial charge in [0.15, 0.2) is 0 Å². The Labute approximate surface area is 101 Å². The van der Waals surface area contributed by atoms with Crippen LogP contribution in [0, 0.1) is 11.8 Å². The molecule has 3 rings (SSSR count). The van der Waals surface area contributed by atoms with Crippen molar-refractivity contribution in [2.24, 2.45) is 11.8 Å². The number of hydrogen-bond acceptors (Lipinski definition) is 2. The van der Waals surface area contributed by atoms with Crippen molar-refractivity contribution >= 4 is 12.0 Å². The van der Waals surface area contributed by atoms with Crippen molar-refractivity contribution in [3.05, 3.63) is 42.0 Å². The van der Waals surface area contributed by atoms with Crippen molar-refractivity contribution in [3.63, 3.8) is 0 Å². The number of nitrogens with one attached hydrogen (secondary N) is 2. The number of carbonyl (C=O) groups excluding carboxylic acids is 1. The number of benzene rings is 1. The molecule has 1 saturated carbocycles. The summed E-state index contributed by atoms with van der Waals surface area (Å²) in [5, 5.41) is 6.37. The SMILES string of the molecule is O=C(/C=C/c1ccccc1)NC1C2CNCC21. The molecule has 3 heteroatoms. The molecule has 1 amide bonds. The number of amides is 1. The fourth-order valence-corrected chi connectivity index (χ4v) is 2.58. The molecule has 2 unspecified atom stereocenters. The fourth-order valence-electron chi connectivity index (χ4n) is 2.58. The normalized spacial score (nSPS) is 30.2. The van der Waals surface area contributed by atoms with Crippen LogP contribution in [0.5, 0.6) is 0 Å². The van der Waals surface area contributed by atoms with Gasteiger partial charge in [0.2, 0.25) is 5.91 Å². The highest BCUT2D eigenvalue weighted by atomic mass is 16.1. The molecule has 2 aliphatic rings. The maximum absolute atomic E-state index is 11.7. The lowest BCUT2D eigenvalue weighted by Gasteiger charge is -2.04. The highest BCUT2D eigenvalue weighted by Crippen LogP contribution is 2.41. The van der Waals surface area contributed by atoms with Crippen LogP contribution in [0.4, 0.5) is 0 Å². The van der Waals surface area contributed by atoms with E-state index in [0.29, 0.717) is 17.9 Å². The van der Waals surface area contributed by atoms with Gasteiger partial charge in [0.25, 0.3) is 0 Å². The zero-order chi connectivity index (χ0) is 11.7. The van der Waals surface area contributed by atoms with Crippen LogP contribution in [-0.2, 0) is 4.79 Å². The summed E-state index contributed by atoms with van der Waals surface area (Å²) in [4.78, 5) is 11.7. The van der Waals surface area contributed by atoms with E-state index < -0.39 is 0 Å². The number of hydrogen-bond donors (Lipinski definition) is 2. The number of piperidine rings is 1. The van der Waals surface area contributed by atoms with Gasteiger partial charge in [-0.15, -0.1) is 0 Å². The summed E-state index contributed by atoms with van der Waals surface area (Å²) in [5.74, 6) is 1.36. The minimum atomic E-state index is 0.0215. The van der Waals surface area contributed by atoms with Gasteiger partial charge in [-0.05, 0) is 23.5 Å². The van der Waals surface area contributed by atoms with E-state index in [1.165, 1.54) is 0 Å². The Morgan fingerprint density at radius 2 is 1.94 bits per heavy atom. The third kappa shape index (κ3) is 2.24. The van der Waals surface area contributed by atoms with E-state index in [2.05, 4.69) is 10.6 Å². The highest BCUT2D eigenvalue weighted by molar-refractivity contribution is 5.92. The standard InChI is InChI=1S/C14H16N2O/c17-13(7-6-10-4-2-1-3-5-10)16-14-11-8-15-9-12(11)14/h1-7,11-12,14-15H,8-9H2,(H,16,17)/b7-6+. The van der Waals surface area contributed by atoms with E-state index in [9.17, 15) is 4.79 Å². The Bertz CT molecular complexity index is 431. The van der Waals surface area contributed by atoms with Crippen molar-refractivity contribution in [1.82, 2.24) is 10.6 Å². The molecule has 17 heavy (non-hydrogen) atoms. The molecular weight excluding hydrogens is 212 g/mol. The van der Waals surface area contributed by atoms with Crippen molar-refractivity contribution in [3.8, 4) is 0 Å². The van der Waals surface area contributed by atoms with Crippen LogP contribution < -0.4 is 10.6 Å². The average molecular weight is 228 g/mol. The quantitative estimate of drug-likeness (QED) is 0.759. The minimum absolute atomic E-state index is 0.0215. The molecule has 2 fully saturated rings. The third-order valence-corrected chi connectivity index (χ3v) is 3.63. The lowest BCUT2D eigenvalue weighted by Crippen LogP contribution is -2.31. The Morgan fingerprint density at radius 3 is 2.65 bits per heavy atom. The van der Waals surface area contributed by atoms with Crippen molar-refractivity contribution < 1.29 is 4.79 Å². The molecule has 1 aromatic rings. The van der Waals surface area contributed by atoms with Gasteiger partial charge in [-0.3, -0.25) is 4.79 Å². The molecule has 1 heterocycles. The van der Waals surface area contributed by atoms with Gasteiger partial charge in [-0.25, -0.2) is 0 Å². The zero-order valence-corrected chi connectivity index (χ0v) is 9.60. The molecule has 1 aromatic carbocycles. The molecular formula is C14H16N2O. The molecule has 3 nitrogen and oxygen atoms in total. The zero-order valence-electron chi connectivity index (χ0n) is 9.60. The summed E-state index contributed by atoms with van der Waals surface area (Å²) in [5.41, 5.74) is 1.06. The van der Waals surface area contributed by atoms with Crippen LogP contribution in [0.1, 0.15) is 5.56 Å². The molecule has 2 atom stereocenters. The first-order chi connectivity index (χ1) is 8.34. The summed E-state index contributed by atoms with van der Waals surface area (Å²) in [7, 11) is 0. The lowest BCUT2D eigenvalue weighted by molar-refractivity contribution is -0.116. The molecule has 0 bridgehead atoms. The lowest BCUT2D eigenvalue weighted by atomic mass is 10.2. The van der Waals surface area contributed by atoms with Gasteiger partial charge in [0.1, 0.15) is 0 Å². The summed E-state index contributed by atoms with van der Waals surface area (Å²) >= 11 is 0. The number of rotatable bonds is 3. The first-order valence-corrected chi connectivity index (χ1v) is 6.09. The largest absolute Gasteiger partial charge is 0.349 e. The predicted molar refractivity (Wildman–Crippen MR) is 67.3 cm³/mol. The molecule has 88 valence electrons. The monoisotopic (exact) mass is 228 g/mol. The van der Waals surface area contributed by atoms with Gasteiger partial charge >= 0.3 is 0 Å². The summed E-state index contributed by atoms with van der Waals surface area (Å²) in [6, 6.07) is 10.3. The van der Waals surface area contributed by atoms with Crippen molar-refractivity contribution in [1.29, 1.82) is 0 Å². The van der Waals surface area contributed by atoms with Crippen LogP contribution in [0.2, 0.25) is 0 Å². The molecule has 1 aliphatic carbocycles. The Balaban J connectivity index is 1.52. The molecule has 1 aliphatic heterocycles. The molecule has 2 N–H and O–H groups in total. The first-order valence-electron chi connectivity index (χ1n) is 6.09. The van der Waals surface area contributed by atoms with Crippen LogP contribution in [0.15, 0.2) is 36.4 Å². The summed E-state index contributed by atoms with van der Waals surface area (Å²) in [6.07, 6.45) is 3.47. The second-order valence-electron chi connectivity index (χ2n) is 4.76. The molecule has 0 radical (unpaired) electrons. The van der Waals surface area contributed by atoms with E-state index >= 15 is 0 Å². The first kappa shape index (κ1) is 10.5. The van der Waals surface area contributed by atoms with Crippen LogP contribution >= 0.6 is 0 Å². The van der Waals surface area contributed by atoms with Crippen molar-refractivity contribution in [2.75, 3.05) is 13.1 Å². The second kappa shape index (κ2) is 4.34. The van der Waals surface area contributed by atoms with Gasteiger partial charge in [-0.1, -0.05) is 30.3 Å².